The number of hydrogen-bond acceptors (Lipinski definition) is 8. The Balaban J connectivity index is 1.67. The Bertz CT molecular complexity index is 1540. The second kappa shape index (κ2) is 13.4. The van der Waals surface area contributed by atoms with Crippen LogP contribution in [0.2, 0.25) is 0 Å². The van der Waals surface area contributed by atoms with Gasteiger partial charge in [0.05, 0.1) is 41.5 Å². The summed E-state index contributed by atoms with van der Waals surface area (Å²) in [5.74, 6) is -0.955. The third-order valence-electron chi connectivity index (χ3n) is 7.45. The lowest BCUT2D eigenvalue weighted by molar-refractivity contribution is 0.0343. The molecule has 3 aromatic carbocycles. The van der Waals surface area contributed by atoms with Gasteiger partial charge in [0.15, 0.2) is 5.75 Å². The average molecular weight is 612 g/mol. The van der Waals surface area contributed by atoms with Gasteiger partial charge in [0.2, 0.25) is 0 Å². The van der Waals surface area contributed by atoms with Gasteiger partial charge in [-0.2, -0.15) is 0 Å². The smallest absolute Gasteiger partial charge is 0.335 e. The Morgan fingerprint density at radius 1 is 1.14 bits per heavy atom. The number of aromatic carboxylic acids is 1. The number of likely N-dealkylation sites (N-methyl/N-ethyl adjacent to an activating group) is 1. The van der Waals surface area contributed by atoms with Gasteiger partial charge in [-0.1, -0.05) is 25.1 Å². The maximum absolute atomic E-state index is 13.7. The highest BCUT2D eigenvalue weighted by atomic mass is 32.2. The van der Waals surface area contributed by atoms with Crippen molar-refractivity contribution < 1.29 is 37.7 Å². The molecule has 12 heteroatoms. The summed E-state index contributed by atoms with van der Waals surface area (Å²) in [6.45, 7) is 4.69. The van der Waals surface area contributed by atoms with Gasteiger partial charge in [-0.25, -0.2) is 13.2 Å². The maximum atomic E-state index is 13.7. The third-order valence-corrected chi connectivity index (χ3v) is 8.83. The predicted octanol–water partition coefficient (Wildman–Crippen LogP) is 3.55. The van der Waals surface area contributed by atoms with Crippen molar-refractivity contribution in [3.05, 3.63) is 83.4 Å². The molecule has 1 aliphatic heterocycles. The Labute approximate surface area is 251 Å². The van der Waals surface area contributed by atoms with E-state index in [9.17, 15) is 28.2 Å². The lowest BCUT2D eigenvalue weighted by atomic mass is 9.99. The molecule has 1 aliphatic rings. The quantitative estimate of drug-likeness (QED) is 0.296. The molecule has 4 rings (SSSR count). The number of amides is 1. The fourth-order valence-electron chi connectivity index (χ4n) is 4.94. The fourth-order valence-corrected chi connectivity index (χ4v) is 6.00. The molecule has 230 valence electrons. The number of nitrogens with one attached hydrogen (secondary N) is 1. The molecule has 0 aromatic heterocycles. The molecule has 0 saturated carbocycles. The number of nitrogens with zero attached hydrogens (tertiary/aromatic N) is 2. The van der Waals surface area contributed by atoms with Crippen molar-refractivity contribution in [2.24, 2.45) is 5.92 Å². The number of fused-ring (bicyclic) bond motifs is 1. The van der Waals surface area contributed by atoms with Crippen LogP contribution >= 0.6 is 0 Å². The first kappa shape index (κ1) is 31.8. The van der Waals surface area contributed by atoms with E-state index in [0.717, 1.165) is 5.56 Å². The predicted molar refractivity (Wildman–Crippen MR) is 161 cm³/mol. The lowest BCUT2D eigenvalue weighted by Crippen LogP contribution is -2.49. The van der Waals surface area contributed by atoms with Crippen molar-refractivity contribution in [3.8, 4) is 11.5 Å². The first-order valence-corrected chi connectivity index (χ1v) is 15.3. The molecule has 0 bridgehead atoms. The number of carbonyl (C=O) groups excluding carboxylic acids is 1. The van der Waals surface area contributed by atoms with Gasteiger partial charge in [0.1, 0.15) is 11.9 Å². The highest BCUT2D eigenvalue weighted by molar-refractivity contribution is 7.92. The number of ether oxygens (including phenoxy) is 2. The van der Waals surface area contributed by atoms with Crippen LogP contribution in [0.1, 0.15) is 40.1 Å². The molecule has 1 amide bonds. The van der Waals surface area contributed by atoms with Gasteiger partial charge in [0, 0.05) is 25.6 Å². The van der Waals surface area contributed by atoms with E-state index < -0.39 is 28.1 Å². The van der Waals surface area contributed by atoms with E-state index in [0.29, 0.717) is 25.4 Å². The normalized spacial score (nSPS) is 17.8. The second-order valence-corrected chi connectivity index (χ2v) is 12.5. The van der Waals surface area contributed by atoms with Gasteiger partial charge in [-0.3, -0.25) is 14.4 Å². The van der Waals surface area contributed by atoms with E-state index in [4.69, 9.17) is 9.47 Å². The van der Waals surface area contributed by atoms with Crippen LogP contribution in [0.3, 0.4) is 0 Å². The summed E-state index contributed by atoms with van der Waals surface area (Å²) in [7, 11) is -0.662. The number of benzene rings is 3. The number of sulfonamides is 1. The number of para-hydroxylation sites is 1. The van der Waals surface area contributed by atoms with E-state index >= 15 is 0 Å². The second-order valence-electron chi connectivity index (χ2n) is 10.8. The molecule has 3 aromatic rings. The highest BCUT2D eigenvalue weighted by Crippen LogP contribution is 2.36. The third kappa shape index (κ3) is 7.45. The van der Waals surface area contributed by atoms with Crippen molar-refractivity contribution in [3.63, 3.8) is 0 Å². The zero-order chi connectivity index (χ0) is 31.3. The Morgan fingerprint density at radius 3 is 2.42 bits per heavy atom. The van der Waals surface area contributed by atoms with Crippen molar-refractivity contribution >= 4 is 27.6 Å². The Hall–Kier alpha value is -4.13. The van der Waals surface area contributed by atoms with Crippen molar-refractivity contribution in [1.29, 1.82) is 0 Å². The summed E-state index contributed by atoms with van der Waals surface area (Å²) in [6.07, 6.45) is -0.477. The molecular weight excluding hydrogens is 574 g/mol. The first-order valence-electron chi connectivity index (χ1n) is 13.8. The largest absolute Gasteiger partial charge is 0.497 e. The van der Waals surface area contributed by atoms with Crippen LogP contribution in [0.25, 0.3) is 0 Å². The van der Waals surface area contributed by atoms with Crippen molar-refractivity contribution in [2.45, 2.75) is 37.4 Å². The van der Waals surface area contributed by atoms with Crippen molar-refractivity contribution in [1.82, 2.24) is 9.80 Å². The molecule has 11 nitrogen and oxygen atoms in total. The molecule has 0 saturated heterocycles. The lowest BCUT2D eigenvalue weighted by Gasteiger charge is -2.38. The summed E-state index contributed by atoms with van der Waals surface area (Å²) >= 11 is 0. The number of anilines is 1. The zero-order valence-corrected chi connectivity index (χ0v) is 25.4. The monoisotopic (exact) mass is 611 g/mol. The summed E-state index contributed by atoms with van der Waals surface area (Å²) < 4.78 is 40.9. The van der Waals surface area contributed by atoms with Crippen LogP contribution in [0.15, 0.2) is 71.6 Å². The Morgan fingerprint density at radius 2 is 1.81 bits per heavy atom. The highest BCUT2D eigenvalue weighted by Gasteiger charge is 2.35. The van der Waals surface area contributed by atoms with E-state index in [-0.39, 0.29) is 45.9 Å². The SMILES string of the molecule is COc1ccc(S(=O)(=O)Nc2cccc3c2O[C@@H](CN(C)Cc2ccc(C(=O)O)cc2)[C@H](C)CN([C@@H](C)CO)C3=O)cc1. The molecule has 0 fully saturated rings. The van der Waals surface area contributed by atoms with Gasteiger partial charge < -0.3 is 24.6 Å². The van der Waals surface area contributed by atoms with Gasteiger partial charge >= 0.3 is 5.97 Å². The molecule has 3 atom stereocenters. The topological polar surface area (TPSA) is 146 Å². The minimum absolute atomic E-state index is 0.0113. The van der Waals surface area contributed by atoms with E-state index in [1.807, 2.05) is 18.9 Å². The number of carboxylic acid groups (broad SMARTS) is 1. The van der Waals surface area contributed by atoms with Gasteiger partial charge in [-0.15, -0.1) is 0 Å². The molecule has 0 unspecified atom stereocenters. The summed E-state index contributed by atoms with van der Waals surface area (Å²) in [4.78, 5) is 28.6. The number of carbonyl (C=O) groups is 2. The van der Waals surface area contributed by atoms with Crippen LogP contribution in [0.5, 0.6) is 11.5 Å². The fraction of sp³-hybridized carbons (Fsp3) is 0.355. The maximum Gasteiger partial charge on any atom is 0.335 e. The van der Waals surface area contributed by atoms with Crippen LogP contribution in [0.4, 0.5) is 5.69 Å². The number of aliphatic hydroxyl groups excluding tert-OH is 1. The number of methoxy groups -OCH3 is 1. The molecule has 0 spiro atoms. The minimum Gasteiger partial charge on any atom is -0.497 e. The van der Waals surface area contributed by atoms with Crippen LogP contribution in [-0.2, 0) is 16.6 Å². The van der Waals surface area contributed by atoms with Gasteiger partial charge in [-0.05, 0) is 68.1 Å². The standard InChI is InChI=1S/C31H37N3O8S/c1-20-16-34(21(2)19-35)30(36)26-6-5-7-27(32-43(39,40)25-14-12-24(41-4)13-15-25)29(26)42-28(20)18-33(3)17-22-8-10-23(11-9-22)31(37)38/h5-15,20-21,28,32,35H,16-19H2,1-4H3,(H,37,38)/t20-,21+,28+/m1/s1. The van der Waals surface area contributed by atoms with E-state index in [2.05, 4.69) is 4.72 Å². The first-order chi connectivity index (χ1) is 20.4. The van der Waals surface area contributed by atoms with Gasteiger partial charge in [0.25, 0.3) is 15.9 Å². The Kier molecular flexibility index (Phi) is 9.95. The number of rotatable bonds is 11. The zero-order valence-electron chi connectivity index (χ0n) is 24.6. The summed E-state index contributed by atoms with van der Waals surface area (Å²) in [5.41, 5.74) is 1.40. The number of hydrogen-bond donors (Lipinski definition) is 3. The molecule has 3 N–H and O–H groups in total. The van der Waals surface area contributed by atoms with Crippen LogP contribution < -0.4 is 14.2 Å². The number of carboxylic acids is 1. The molecule has 43 heavy (non-hydrogen) atoms. The number of aliphatic hydroxyl groups is 1. The molecule has 0 radical (unpaired) electrons. The van der Waals surface area contributed by atoms with Crippen LogP contribution in [-0.4, -0.2) is 86.3 Å². The molecule has 1 heterocycles. The summed E-state index contributed by atoms with van der Waals surface area (Å²) in [6, 6.07) is 16.8. The van der Waals surface area contributed by atoms with Crippen molar-refractivity contribution in [2.75, 3.05) is 38.6 Å². The summed E-state index contributed by atoms with van der Waals surface area (Å²) in [5, 5.41) is 19.1. The van der Waals surface area contributed by atoms with Crippen LogP contribution in [0, 0.1) is 5.92 Å². The van der Waals surface area contributed by atoms with E-state index in [1.165, 1.54) is 19.2 Å². The van der Waals surface area contributed by atoms with E-state index in [1.54, 1.807) is 66.4 Å². The minimum atomic E-state index is -4.05. The molecule has 0 aliphatic carbocycles. The molecular formula is C31H37N3O8S. The average Bonchev–Trinajstić information content (AvgIpc) is 2.99.